The van der Waals surface area contributed by atoms with E-state index in [1.165, 1.54) is 7.11 Å². The Hall–Kier alpha value is -2.15. The van der Waals surface area contributed by atoms with E-state index < -0.39 is 21.3 Å². The van der Waals surface area contributed by atoms with E-state index in [4.69, 9.17) is 4.74 Å². The Kier molecular flexibility index (Phi) is 3.75. The number of amides is 1. The first-order valence-electron chi connectivity index (χ1n) is 7.29. The molecular weight excluding hydrogens is 316 g/mol. The lowest BCUT2D eigenvalue weighted by molar-refractivity contribution is 0.0909. The van der Waals surface area contributed by atoms with Gasteiger partial charge in [0.1, 0.15) is 5.69 Å². The van der Waals surface area contributed by atoms with Crippen molar-refractivity contribution in [2.75, 3.05) is 18.6 Å². The molecule has 0 bridgehead atoms. The molecule has 0 aliphatic carbocycles. The fraction of sp³-hybridized carbons (Fsp3) is 0.375. The highest BCUT2D eigenvalue weighted by Gasteiger charge is 2.39. The van der Waals surface area contributed by atoms with Crippen LogP contribution in [0.3, 0.4) is 0 Å². The Labute approximate surface area is 134 Å². The van der Waals surface area contributed by atoms with Gasteiger partial charge >= 0.3 is 0 Å². The maximum Gasteiger partial charge on any atom is 0.270 e. The largest absolute Gasteiger partial charge is 0.481 e. The fourth-order valence-corrected chi connectivity index (χ4v) is 4.98. The van der Waals surface area contributed by atoms with E-state index in [9.17, 15) is 13.2 Å². The lowest BCUT2D eigenvalue weighted by atomic mass is 10.0. The molecule has 0 radical (unpaired) electrons. The van der Waals surface area contributed by atoms with Crippen molar-refractivity contribution in [1.82, 2.24) is 10.3 Å². The van der Waals surface area contributed by atoms with Gasteiger partial charge in [0.2, 0.25) is 5.88 Å². The second kappa shape index (κ2) is 5.49. The Morgan fingerprint density at radius 3 is 2.74 bits per heavy atom. The first-order valence-corrected chi connectivity index (χ1v) is 9.11. The molecule has 1 saturated heterocycles. The summed E-state index contributed by atoms with van der Waals surface area (Å²) in [5.74, 6) is 0.0282. The van der Waals surface area contributed by atoms with Gasteiger partial charge in [-0.05, 0) is 30.9 Å². The standard InChI is InChI=1S/C16H18N2O4S/c1-16(7-8-23(20,21)10-16)18-14(19)13-9-11-5-3-4-6-12(11)15(17-13)22-2/h3-6,9H,7-8,10H2,1-2H3,(H,18,19)/t16-/m0/s1. The molecular formula is C16H18N2O4S. The zero-order chi connectivity index (χ0) is 16.7. The lowest BCUT2D eigenvalue weighted by Crippen LogP contribution is -2.47. The number of rotatable bonds is 3. The molecule has 1 N–H and O–H groups in total. The van der Waals surface area contributed by atoms with Crippen LogP contribution in [-0.2, 0) is 9.84 Å². The fourth-order valence-electron chi connectivity index (χ4n) is 2.89. The lowest BCUT2D eigenvalue weighted by Gasteiger charge is -2.23. The summed E-state index contributed by atoms with van der Waals surface area (Å²) in [6.07, 6.45) is 0.409. The van der Waals surface area contributed by atoms with Crippen LogP contribution in [0, 0.1) is 0 Å². The normalized spacial score (nSPS) is 22.9. The zero-order valence-electron chi connectivity index (χ0n) is 13.0. The van der Waals surface area contributed by atoms with Crippen LogP contribution in [0.2, 0.25) is 0 Å². The minimum Gasteiger partial charge on any atom is -0.481 e. The number of hydrogen-bond donors (Lipinski definition) is 1. The number of pyridine rings is 1. The Morgan fingerprint density at radius 1 is 1.35 bits per heavy atom. The van der Waals surface area contributed by atoms with Gasteiger partial charge in [0.15, 0.2) is 9.84 Å². The highest BCUT2D eigenvalue weighted by molar-refractivity contribution is 7.91. The molecule has 0 unspecified atom stereocenters. The minimum absolute atomic E-state index is 0.0452. The van der Waals surface area contributed by atoms with E-state index >= 15 is 0 Å². The summed E-state index contributed by atoms with van der Waals surface area (Å²) < 4.78 is 28.6. The molecule has 1 aliphatic heterocycles. The zero-order valence-corrected chi connectivity index (χ0v) is 13.8. The van der Waals surface area contributed by atoms with Gasteiger partial charge in [0, 0.05) is 5.39 Å². The Balaban J connectivity index is 1.92. The van der Waals surface area contributed by atoms with E-state index in [2.05, 4.69) is 10.3 Å². The van der Waals surface area contributed by atoms with E-state index in [1.54, 1.807) is 13.0 Å². The summed E-state index contributed by atoms with van der Waals surface area (Å²) in [7, 11) is -1.59. The molecule has 1 aromatic carbocycles. The van der Waals surface area contributed by atoms with Gasteiger partial charge in [-0.1, -0.05) is 18.2 Å². The van der Waals surface area contributed by atoms with Crippen LogP contribution >= 0.6 is 0 Å². The number of carbonyl (C=O) groups excluding carboxylic acids is 1. The molecule has 1 amide bonds. The number of benzene rings is 1. The van der Waals surface area contributed by atoms with Crippen molar-refractivity contribution in [3.63, 3.8) is 0 Å². The van der Waals surface area contributed by atoms with Gasteiger partial charge in [-0.2, -0.15) is 0 Å². The number of hydrogen-bond acceptors (Lipinski definition) is 5. The van der Waals surface area contributed by atoms with Gasteiger partial charge in [-0.3, -0.25) is 4.79 Å². The predicted molar refractivity (Wildman–Crippen MR) is 87.4 cm³/mol. The average Bonchev–Trinajstić information content (AvgIpc) is 2.79. The van der Waals surface area contributed by atoms with Crippen LogP contribution in [0.1, 0.15) is 23.8 Å². The monoisotopic (exact) mass is 334 g/mol. The first kappa shape index (κ1) is 15.7. The number of fused-ring (bicyclic) bond motifs is 1. The SMILES string of the molecule is COc1nc(C(=O)N[C@@]2(C)CCS(=O)(=O)C2)cc2ccccc12. The number of carbonyl (C=O) groups is 1. The van der Waals surface area contributed by atoms with Crippen LogP contribution in [0.25, 0.3) is 10.8 Å². The number of sulfone groups is 1. The number of nitrogens with one attached hydrogen (secondary N) is 1. The topological polar surface area (TPSA) is 85.4 Å². The third-order valence-corrected chi connectivity index (χ3v) is 5.95. The van der Waals surface area contributed by atoms with Crippen molar-refractivity contribution in [2.45, 2.75) is 18.9 Å². The van der Waals surface area contributed by atoms with Crippen molar-refractivity contribution in [3.05, 3.63) is 36.0 Å². The molecule has 1 aliphatic rings. The van der Waals surface area contributed by atoms with Gasteiger partial charge in [-0.25, -0.2) is 13.4 Å². The van der Waals surface area contributed by atoms with Crippen LogP contribution in [0.15, 0.2) is 30.3 Å². The molecule has 1 aromatic heterocycles. The summed E-state index contributed by atoms with van der Waals surface area (Å²) in [5.41, 5.74) is -0.540. The van der Waals surface area contributed by atoms with E-state index in [-0.39, 0.29) is 17.2 Å². The summed E-state index contributed by atoms with van der Waals surface area (Å²) in [6, 6.07) is 9.16. The molecule has 122 valence electrons. The molecule has 3 rings (SSSR count). The molecule has 0 spiro atoms. The van der Waals surface area contributed by atoms with Gasteiger partial charge in [0.05, 0.1) is 24.2 Å². The van der Waals surface area contributed by atoms with Gasteiger partial charge in [0.25, 0.3) is 5.91 Å². The third-order valence-electron chi connectivity index (χ3n) is 4.05. The van der Waals surface area contributed by atoms with Crippen LogP contribution < -0.4 is 10.1 Å². The molecule has 7 heteroatoms. The molecule has 0 saturated carbocycles. The van der Waals surface area contributed by atoms with Crippen molar-refractivity contribution in [1.29, 1.82) is 0 Å². The number of nitrogens with zero attached hydrogens (tertiary/aromatic N) is 1. The quantitative estimate of drug-likeness (QED) is 0.920. The molecule has 1 atom stereocenters. The van der Waals surface area contributed by atoms with Crippen molar-refractivity contribution in [2.24, 2.45) is 0 Å². The van der Waals surface area contributed by atoms with Crippen molar-refractivity contribution >= 4 is 26.5 Å². The highest BCUT2D eigenvalue weighted by atomic mass is 32.2. The van der Waals surface area contributed by atoms with E-state index in [0.29, 0.717) is 12.3 Å². The summed E-state index contributed by atoms with van der Waals surface area (Å²) in [5, 5.41) is 4.47. The number of aromatic nitrogens is 1. The molecule has 2 heterocycles. The van der Waals surface area contributed by atoms with Crippen molar-refractivity contribution in [3.8, 4) is 5.88 Å². The van der Waals surface area contributed by atoms with Crippen LogP contribution in [0.4, 0.5) is 0 Å². The maximum atomic E-state index is 12.5. The van der Waals surface area contributed by atoms with Gasteiger partial charge in [-0.15, -0.1) is 0 Å². The number of ether oxygens (including phenoxy) is 1. The summed E-state index contributed by atoms with van der Waals surface area (Å²) >= 11 is 0. The maximum absolute atomic E-state index is 12.5. The smallest absolute Gasteiger partial charge is 0.270 e. The Bertz CT molecular complexity index is 879. The predicted octanol–water partition coefficient (Wildman–Crippen LogP) is 1.55. The summed E-state index contributed by atoms with van der Waals surface area (Å²) in [6.45, 7) is 1.74. The Morgan fingerprint density at radius 2 is 2.09 bits per heavy atom. The molecule has 23 heavy (non-hydrogen) atoms. The molecule has 2 aromatic rings. The minimum atomic E-state index is -3.09. The van der Waals surface area contributed by atoms with Crippen molar-refractivity contribution < 1.29 is 17.9 Å². The average molecular weight is 334 g/mol. The third kappa shape index (κ3) is 3.14. The first-order chi connectivity index (χ1) is 10.8. The molecule has 1 fully saturated rings. The van der Waals surface area contributed by atoms with E-state index in [0.717, 1.165) is 10.8 Å². The van der Waals surface area contributed by atoms with E-state index in [1.807, 2.05) is 24.3 Å². The number of methoxy groups -OCH3 is 1. The van der Waals surface area contributed by atoms with Crippen LogP contribution in [0.5, 0.6) is 5.88 Å². The second-order valence-corrected chi connectivity index (χ2v) is 8.28. The molecule has 6 nitrogen and oxygen atoms in total. The summed E-state index contributed by atoms with van der Waals surface area (Å²) in [4.78, 5) is 16.7. The van der Waals surface area contributed by atoms with Crippen LogP contribution in [-0.4, -0.2) is 43.5 Å². The second-order valence-electron chi connectivity index (χ2n) is 6.09. The highest BCUT2D eigenvalue weighted by Crippen LogP contribution is 2.26. The van der Waals surface area contributed by atoms with Gasteiger partial charge < -0.3 is 10.1 Å².